The Morgan fingerprint density at radius 1 is 1.39 bits per heavy atom. The van der Waals surface area contributed by atoms with Gasteiger partial charge in [-0.25, -0.2) is 9.48 Å². The van der Waals surface area contributed by atoms with Gasteiger partial charge in [0.2, 0.25) is 5.82 Å². The summed E-state index contributed by atoms with van der Waals surface area (Å²) >= 11 is 1.60. The minimum Gasteiger partial charge on any atom is -0.357 e. The molecule has 0 aromatic carbocycles. The normalized spacial score (nSPS) is 12.4. The molecule has 1 unspecified atom stereocenters. The number of thiophene rings is 1. The molecule has 6 nitrogen and oxygen atoms in total. The van der Waals surface area contributed by atoms with E-state index in [-0.39, 0.29) is 11.9 Å². The second-order valence-corrected chi connectivity index (χ2v) is 4.98. The average Bonchev–Trinajstić information content (AvgIpc) is 2.87. The molecule has 0 aliphatic rings. The first kappa shape index (κ1) is 12.6. The van der Waals surface area contributed by atoms with Crippen LogP contribution in [0.1, 0.15) is 17.8 Å². The molecule has 1 N–H and O–H groups in total. The summed E-state index contributed by atoms with van der Waals surface area (Å²) in [6.07, 6.45) is 0. The summed E-state index contributed by atoms with van der Waals surface area (Å²) in [4.78, 5) is 24.5. The van der Waals surface area contributed by atoms with Crippen molar-refractivity contribution in [2.24, 2.45) is 14.1 Å². The van der Waals surface area contributed by atoms with E-state index in [1.807, 2.05) is 24.4 Å². The SMILES string of the molecule is CC(Nc1nn(C)c(=O)n(C)c1=O)c1cccs1. The predicted octanol–water partition coefficient (Wildman–Crippen LogP) is 0.714. The van der Waals surface area contributed by atoms with Gasteiger partial charge in [-0.15, -0.1) is 16.4 Å². The van der Waals surface area contributed by atoms with Crippen LogP contribution in [0.3, 0.4) is 0 Å². The van der Waals surface area contributed by atoms with Crippen LogP contribution in [0.4, 0.5) is 5.82 Å². The second-order valence-electron chi connectivity index (χ2n) is 4.00. The Hall–Kier alpha value is -1.89. The maximum absolute atomic E-state index is 11.9. The largest absolute Gasteiger partial charge is 0.357 e. The third-order valence-corrected chi connectivity index (χ3v) is 3.70. The predicted molar refractivity (Wildman–Crippen MR) is 71.1 cm³/mol. The fourth-order valence-electron chi connectivity index (χ4n) is 1.60. The summed E-state index contributed by atoms with van der Waals surface area (Å²) < 4.78 is 2.18. The van der Waals surface area contributed by atoms with Crippen molar-refractivity contribution >= 4 is 17.2 Å². The molecular weight excluding hydrogens is 252 g/mol. The smallest absolute Gasteiger partial charge is 0.346 e. The lowest BCUT2D eigenvalue weighted by atomic mass is 10.3. The molecule has 1 atom stereocenters. The number of nitrogens with one attached hydrogen (secondary N) is 1. The molecular formula is C11H14N4O2S. The van der Waals surface area contributed by atoms with Crippen molar-refractivity contribution in [2.45, 2.75) is 13.0 Å². The highest BCUT2D eigenvalue weighted by atomic mass is 32.1. The van der Waals surface area contributed by atoms with E-state index in [0.29, 0.717) is 0 Å². The molecule has 0 radical (unpaired) electrons. The van der Waals surface area contributed by atoms with Crippen LogP contribution in [0.25, 0.3) is 0 Å². The van der Waals surface area contributed by atoms with Gasteiger partial charge in [-0.3, -0.25) is 9.36 Å². The number of aryl methyl sites for hydroxylation is 1. The highest BCUT2D eigenvalue weighted by Gasteiger charge is 2.12. The molecule has 0 saturated carbocycles. The molecule has 0 amide bonds. The second kappa shape index (κ2) is 4.77. The van der Waals surface area contributed by atoms with Gasteiger partial charge < -0.3 is 5.32 Å². The molecule has 96 valence electrons. The zero-order chi connectivity index (χ0) is 13.3. The molecule has 7 heteroatoms. The van der Waals surface area contributed by atoms with Crippen LogP contribution in [0.2, 0.25) is 0 Å². The highest BCUT2D eigenvalue weighted by Crippen LogP contribution is 2.20. The first-order valence-electron chi connectivity index (χ1n) is 5.45. The molecule has 0 bridgehead atoms. The van der Waals surface area contributed by atoms with E-state index in [0.717, 1.165) is 14.1 Å². The Morgan fingerprint density at radius 3 is 2.72 bits per heavy atom. The van der Waals surface area contributed by atoms with Gasteiger partial charge in [-0.2, -0.15) is 0 Å². The van der Waals surface area contributed by atoms with E-state index >= 15 is 0 Å². The van der Waals surface area contributed by atoms with Crippen molar-refractivity contribution in [3.63, 3.8) is 0 Å². The molecule has 0 spiro atoms. The summed E-state index contributed by atoms with van der Waals surface area (Å²) in [6.45, 7) is 1.94. The van der Waals surface area contributed by atoms with E-state index in [2.05, 4.69) is 10.4 Å². The number of hydrogen-bond acceptors (Lipinski definition) is 5. The highest BCUT2D eigenvalue weighted by molar-refractivity contribution is 7.10. The van der Waals surface area contributed by atoms with E-state index in [1.165, 1.54) is 14.1 Å². The van der Waals surface area contributed by atoms with Gasteiger partial charge in [0, 0.05) is 19.0 Å². The molecule has 2 aromatic rings. The minimum absolute atomic E-state index is 0.0253. The van der Waals surface area contributed by atoms with Crippen LogP contribution in [0.5, 0.6) is 0 Å². The topological polar surface area (TPSA) is 68.9 Å². The minimum atomic E-state index is -0.436. The molecule has 2 aromatic heterocycles. The zero-order valence-corrected chi connectivity index (χ0v) is 11.2. The summed E-state index contributed by atoms with van der Waals surface area (Å²) in [6, 6.07) is 3.90. The molecule has 2 heterocycles. The number of rotatable bonds is 3. The van der Waals surface area contributed by atoms with Gasteiger partial charge in [-0.05, 0) is 18.4 Å². The van der Waals surface area contributed by atoms with Gasteiger partial charge in [0.05, 0.1) is 6.04 Å². The summed E-state index contributed by atoms with van der Waals surface area (Å²) in [5.74, 6) is 0.181. The molecule has 0 fully saturated rings. The van der Waals surface area contributed by atoms with Crippen LogP contribution >= 0.6 is 11.3 Å². The Labute approximate surface area is 108 Å². The average molecular weight is 266 g/mol. The maximum atomic E-state index is 11.9. The van der Waals surface area contributed by atoms with Crippen LogP contribution < -0.4 is 16.6 Å². The molecule has 0 aliphatic heterocycles. The van der Waals surface area contributed by atoms with Crippen LogP contribution in [0.15, 0.2) is 27.1 Å². The first-order chi connectivity index (χ1) is 8.50. The zero-order valence-electron chi connectivity index (χ0n) is 10.4. The number of nitrogens with zero attached hydrogens (tertiary/aromatic N) is 3. The van der Waals surface area contributed by atoms with E-state index in [9.17, 15) is 9.59 Å². The standard InChI is InChI=1S/C11H14N4O2S/c1-7(8-5-4-6-18-8)12-9-10(16)14(2)11(17)15(3)13-9/h4-7H,1-3H3,(H,12,13). The fraction of sp³-hybridized carbons (Fsp3) is 0.364. The van der Waals surface area contributed by atoms with Crippen LogP contribution in [-0.2, 0) is 14.1 Å². The van der Waals surface area contributed by atoms with Crippen molar-refractivity contribution in [1.29, 1.82) is 0 Å². The number of anilines is 1. The maximum Gasteiger partial charge on any atom is 0.346 e. The summed E-state index contributed by atoms with van der Waals surface area (Å²) in [5.41, 5.74) is -0.851. The molecule has 18 heavy (non-hydrogen) atoms. The lowest BCUT2D eigenvalue weighted by Crippen LogP contribution is -2.40. The van der Waals surface area contributed by atoms with Gasteiger partial charge in [0.1, 0.15) is 0 Å². The lowest BCUT2D eigenvalue weighted by molar-refractivity contribution is 0.601. The van der Waals surface area contributed by atoms with Gasteiger partial charge >= 0.3 is 5.69 Å². The first-order valence-corrected chi connectivity index (χ1v) is 6.33. The fourth-order valence-corrected chi connectivity index (χ4v) is 2.34. The molecule has 0 aliphatic carbocycles. The van der Waals surface area contributed by atoms with Gasteiger partial charge in [0.25, 0.3) is 5.56 Å². The van der Waals surface area contributed by atoms with Crippen molar-refractivity contribution in [3.8, 4) is 0 Å². The van der Waals surface area contributed by atoms with E-state index in [4.69, 9.17) is 0 Å². The van der Waals surface area contributed by atoms with Crippen LogP contribution in [0, 0.1) is 0 Å². The third-order valence-electron chi connectivity index (χ3n) is 2.64. The summed E-state index contributed by atoms with van der Waals surface area (Å²) in [7, 11) is 2.95. The van der Waals surface area contributed by atoms with Crippen molar-refractivity contribution in [2.75, 3.05) is 5.32 Å². The van der Waals surface area contributed by atoms with Crippen LogP contribution in [-0.4, -0.2) is 14.3 Å². The molecule has 0 saturated heterocycles. The van der Waals surface area contributed by atoms with Crippen molar-refractivity contribution in [3.05, 3.63) is 43.2 Å². The lowest BCUT2D eigenvalue weighted by Gasteiger charge is -2.13. The third kappa shape index (κ3) is 2.21. The van der Waals surface area contributed by atoms with Gasteiger partial charge in [-0.1, -0.05) is 6.07 Å². The van der Waals surface area contributed by atoms with E-state index < -0.39 is 11.2 Å². The Balaban J connectivity index is 2.36. The quantitative estimate of drug-likeness (QED) is 0.888. The number of aromatic nitrogens is 3. The number of hydrogen-bond donors (Lipinski definition) is 1. The Bertz CT molecular complexity index is 657. The Kier molecular flexibility index (Phi) is 3.33. The monoisotopic (exact) mass is 266 g/mol. The molecule has 2 rings (SSSR count). The van der Waals surface area contributed by atoms with Gasteiger partial charge in [0.15, 0.2) is 0 Å². The van der Waals surface area contributed by atoms with Crippen molar-refractivity contribution < 1.29 is 0 Å². The summed E-state index contributed by atoms with van der Waals surface area (Å²) in [5, 5.41) is 8.95. The Morgan fingerprint density at radius 2 is 2.11 bits per heavy atom. The van der Waals surface area contributed by atoms with Crippen molar-refractivity contribution in [1.82, 2.24) is 14.3 Å². The van der Waals surface area contributed by atoms with E-state index in [1.54, 1.807) is 11.3 Å².